The molecule has 2 N–H and O–H groups in total. The van der Waals surface area contributed by atoms with Crippen molar-refractivity contribution in [2.24, 2.45) is 0 Å². The first kappa shape index (κ1) is 22.8. The Kier molecular flexibility index (Phi) is 6.65. The third-order valence-electron chi connectivity index (χ3n) is 4.82. The number of hydrogen-bond donors (Lipinski definition) is 2. The second-order valence-electron chi connectivity index (χ2n) is 6.98. The van der Waals surface area contributed by atoms with E-state index in [1.807, 2.05) is 12.1 Å². The molecule has 0 spiro atoms. The minimum Gasteiger partial charge on any atom is -0.267 e. The summed E-state index contributed by atoms with van der Waals surface area (Å²) in [4.78, 5) is 29.1. The highest BCUT2D eigenvalue weighted by molar-refractivity contribution is 6.35. The van der Waals surface area contributed by atoms with Crippen molar-refractivity contribution in [3.05, 3.63) is 98.9 Å². The number of halogens is 3. The quantitative estimate of drug-likeness (QED) is 0.373. The van der Waals surface area contributed by atoms with Crippen LogP contribution in [-0.2, 0) is 0 Å². The molecule has 0 saturated carbocycles. The van der Waals surface area contributed by atoms with Crippen LogP contribution in [0.25, 0.3) is 16.9 Å². The molecular formula is C23H16Cl3N5O2. The van der Waals surface area contributed by atoms with Crippen LogP contribution < -0.4 is 10.9 Å². The van der Waals surface area contributed by atoms with Gasteiger partial charge in [0.2, 0.25) is 0 Å². The Morgan fingerprint density at radius 2 is 1.48 bits per heavy atom. The molecule has 0 aliphatic heterocycles. The number of nitrogens with zero attached hydrogens (tertiary/aromatic N) is 3. The van der Waals surface area contributed by atoms with Gasteiger partial charge in [0.15, 0.2) is 5.69 Å². The van der Waals surface area contributed by atoms with Gasteiger partial charge in [-0.15, -0.1) is 0 Å². The Bertz CT molecular complexity index is 1340. The molecule has 10 heteroatoms. The number of hydrogen-bond acceptors (Lipinski definition) is 4. The zero-order valence-corrected chi connectivity index (χ0v) is 19.4. The highest BCUT2D eigenvalue weighted by Gasteiger charge is 2.23. The first-order valence-electron chi connectivity index (χ1n) is 9.67. The first-order chi connectivity index (χ1) is 15.8. The third kappa shape index (κ3) is 4.85. The molecule has 2 aromatic heterocycles. The summed E-state index contributed by atoms with van der Waals surface area (Å²) < 4.78 is 1.57. The molecule has 0 aliphatic carbocycles. The van der Waals surface area contributed by atoms with Crippen LogP contribution in [0.3, 0.4) is 0 Å². The van der Waals surface area contributed by atoms with E-state index in [0.717, 1.165) is 5.56 Å². The predicted molar refractivity (Wildman–Crippen MR) is 128 cm³/mol. The lowest BCUT2D eigenvalue weighted by Gasteiger charge is -2.11. The molecule has 7 nitrogen and oxygen atoms in total. The maximum atomic E-state index is 12.9. The predicted octanol–water partition coefficient (Wildman–Crippen LogP) is 5.28. The fourth-order valence-electron chi connectivity index (χ4n) is 3.23. The van der Waals surface area contributed by atoms with E-state index in [4.69, 9.17) is 34.8 Å². The number of benzene rings is 2. The summed E-state index contributed by atoms with van der Waals surface area (Å²) in [6.45, 7) is 1.76. The second kappa shape index (κ2) is 9.62. The molecule has 0 saturated heterocycles. The average molecular weight is 501 g/mol. The van der Waals surface area contributed by atoms with Gasteiger partial charge in [0.05, 0.1) is 16.4 Å². The van der Waals surface area contributed by atoms with Crippen LogP contribution in [0.2, 0.25) is 15.1 Å². The number of carbonyl (C=O) groups is 2. The molecule has 0 bridgehead atoms. The zero-order chi connectivity index (χ0) is 23.5. The summed E-state index contributed by atoms with van der Waals surface area (Å²) in [7, 11) is 0. The van der Waals surface area contributed by atoms with Gasteiger partial charge < -0.3 is 0 Å². The van der Waals surface area contributed by atoms with Crippen LogP contribution in [0, 0.1) is 6.92 Å². The van der Waals surface area contributed by atoms with Gasteiger partial charge in [0.1, 0.15) is 0 Å². The van der Waals surface area contributed by atoms with Gasteiger partial charge in [-0.3, -0.25) is 25.4 Å². The largest absolute Gasteiger partial charge is 0.290 e. The second-order valence-corrected chi connectivity index (χ2v) is 8.26. The molecule has 4 rings (SSSR count). The smallest absolute Gasteiger partial charge is 0.267 e. The molecule has 2 amide bonds. The molecule has 33 heavy (non-hydrogen) atoms. The number of amides is 2. The Morgan fingerprint density at radius 3 is 2.15 bits per heavy atom. The molecule has 2 heterocycles. The molecule has 0 aliphatic rings. The average Bonchev–Trinajstić information content (AvgIpc) is 3.15. The number of hydrazine groups is 1. The zero-order valence-electron chi connectivity index (χ0n) is 17.1. The van der Waals surface area contributed by atoms with E-state index >= 15 is 0 Å². The Hall–Kier alpha value is -3.39. The van der Waals surface area contributed by atoms with Crippen molar-refractivity contribution in [1.29, 1.82) is 0 Å². The molecular weight excluding hydrogens is 485 g/mol. The lowest BCUT2D eigenvalue weighted by Crippen LogP contribution is -2.42. The third-order valence-corrected chi connectivity index (χ3v) is 5.61. The number of nitrogens with one attached hydrogen (secondary N) is 2. The Labute approximate surface area is 204 Å². The summed E-state index contributed by atoms with van der Waals surface area (Å²) in [6.07, 6.45) is 2.97. The first-order valence-corrected chi connectivity index (χ1v) is 10.8. The van der Waals surface area contributed by atoms with Gasteiger partial charge in [0.25, 0.3) is 11.8 Å². The van der Waals surface area contributed by atoms with Crippen LogP contribution in [0.1, 0.15) is 26.4 Å². The summed E-state index contributed by atoms with van der Waals surface area (Å²) in [6, 6.07) is 15.2. The van der Waals surface area contributed by atoms with E-state index in [-0.39, 0.29) is 5.69 Å². The molecule has 0 atom stereocenters. The van der Waals surface area contributed by atoms with E-state index in [2.05, 4.69) is 20.9 Å². The van der Waals surface area contributed by atoms with E-state index in [1.54, 1.807) is 41.9 Å². The van der Waals surface area contributed by atoms with Gasteiger partial charge in [0, 0.05) is 39.1 Å². The molecule has 0 unspecified atom stereocenters. The maximum absolute atomic E-state index is 12.9. The summed E-state index contributed by atoms with van der Waals surface area (Å²) >= 11 is 18.5. The standard InChI is InChI=1S/C23H16Cl3N5O2/c1-13-20(23(33)29-28-22(32)15-8-10-27-11-9-15)30-31(19-7-6-17(25)12-18(19)26)21(13)14-2-4-16(24)5-3-14/h2-12H,1H3,(H,28,32)(H,29,33). The van der Waals surface area contributed by atoms with Gasteiger partial charge in [-0.1, -0.05) is 46.9 Å². The minimum atomic E-state index is -0.589. The maximum Gasteiger partial charge on any atom is 0.290 e. The molecule has 4 aromatic rings. The number of aromatic nitrogens is 3. The monoisotopic (exact) mass is 499 g/mol. The number of carbonyl (C=O) groups excluding carboxylic acids is 2. The summed E-state index contributed by atoms with van der Waals surface area (Å²) in [5, 5.41) is 5.90. The van der Waals surface area contributed by atoms with E-state index < -0.39 is 11.8 Å². The van der Waals surface area contributed by atoms with E-state index in [0.29, 0.717) is 37.6 Å². The lowest BCUT2D eigenvalue weighted by atomic mass is 10.1. The lowest BCUT2D eigenvalue weighted by molar-refractivity contribution is 0.0843. The summed E-state index contributed by atoms with van der Waals surface area (Å²) in [5.74, 6) is -1.07. The van der Waals surface area contributed by atoms with Crippen molar-refractivity contribution in [2.75, 3.05) is 0 Å². The van der Waals surface area contributed by atoms with Crippen LogP contribution in [0.5, 0.6) is 0 Å². The normalized spacial score (nSPS) is 10.7. The van der Waals surface area contributed by atoms with Gasteiger partial charge in [-0.25, -0.2) is 4.68 Å². The van der Waals surface area contributed by atoms with Crippen molar-refractivity contribution < 1.29 is 9.59 Å². The minimum absolute atomic E-state index is 0.112. The van der Waals surface area contributed by atoms with Gasteiger partial charge >= 0.3 is 0 Å². The molecule has 2 aromatic carbocycles. The van der Waals surface area contributed by atoms with Crippen molar-refractivity contribution in [3.63, 3.8) is 0 Å². The van der Waals surface area contributed by atoms with Gasteiger partial charge in [-0.05, 0) is 49.4 Å². The van der Waals surface area contributed by atoms with E-state index in [9.17, 15) is 9.59 Å². The van der Waals surface area contributed by atoms with Crippen LogP contribution in [-0.4, -0.2) is 26.6 Å². The van der Waals surface area contributed by atoms with Gasteiger partial charge in [-0.2, -0.15) is 5.10 Å². The van der Waals surface area contributed by atoms with Crippen molar-refractivity contribution in [3.8, 4) is 16.9 Å². The number of pyridine rings is 1. The molecule has 0 fully saturated rings. The fraction of sp³-hybridized carbons (Fsp3) is 0.0435. The van der Waals surface area contributed by atoms with Crippen molar-refractivity contribution >= 4 is 46.6 Å². The van der Waals surface area contributed by atoms with Crippen molar-refractivity contribution in [1.82, 2.24) is 25.6 Å². The SMILES string of the molecule is Cc1c(C(=O)NNC(=O)c2ccncc2)nn(-c2ccc(Cl)cc2Cl)c1-c1ccc(Cl)cc1. The highest BCUT2D eigenvalue weighted by atomic mass is 35.5. The van der Waals surface area contributed by atoms with Crippen LogP contribution >= 0.6 is 34.8 Å². The summed E-state index contributed by atoms with van der Waals surface area (Å²) in [5.41, 5.74) is 7.78. The topological polar surface area (TPSA) is 88.9 Å². The van der Waals surface area contributed by atoms with Crippen LogP contribution in [0.4, 0.5) is 0 Å². The van der Waals surface area contributed by atoms with E-state index in [1.165, 1.54) is 24.5 Å². The molecule has 0 radical (unpaired) electrons. The Balaban J connectivity index is 1.72. The Morgan fingerprint density at radius 1 is 0.848 bits per heavy atom. The molecule has 166 valence electrons. The fourth-order valence-corrected chi connectivity index (χ4v) is 3.85. The highest BCUT2D eigenvalue weighted by Crippen LogP contribution is 2.33. The van der Waals surface area contributed by atoms with Crippen molar-refractivity contribution in [2.45, 2.75) is 6.92 Å². The van der Waals surface area contributed by atoms with Crippen LogP contribution in [0.15, 0.2) is 67.0 Å². The number of rotatable bonds is 4.